The summed E-state index contributed by atoms with van der Waals surface area (Å²) in [6.45, 7) is 0. The van der Waals surface area contributed by atoms with Crippen LogP contribution in [-0.2, 0) is 30.4 Å². The highest BCUT2D eigenvalue weighted by atomic mass is 16.4. The molecule has 28 heavy (non-hydrogen) atoms. The third-order valence-electron chi connectivity index (χ3n) is 3.63. The number of hydrogen-bond acceptors (Lipinski definition) is 7. The molecule has 154 valence electrons. The van der Waals surface area contributed by atoms with E-state index < -0.39 is 60.6 Å². The van der Waals surface area contributed by atoms with Crippen LogP contribution in [0, 0.1) is 0 Å². The largest absolute Gasteiger partial charge is 0.481 e. The number of carbonyl (C=O) groups excluding carboxylic acids is 3. The lowest BCUT2D eigenvalue weighted by Gasteiger charge is -2.22. The van der Waals surface area contributed by atoms with Crippen LogP contribution in [0.1, 0.15) is 25.0 Å². The van der Waals surface area contributed by atoms with Crippen molar-refractivity contribution in [2.24, 2.45) is 11.5 Å². The molecule has 0 radical (unpaired) electrons. The molecule has 1 rings (SSSR count). The molecule has 13 heteroatoms. The summed E-state index contributed by atoms with van der Waals surface area (Å²) >= 11 is 0. The van der Waals surface area contributed by atoms with E-state index in [1.165, 1.54) is 12.5 Å². The number of rotatable bonds is 12. The number of aromatic amines is 1. The molecule has 1 aromatic heterocycles. The molecule has 1 aromatic rings. The molecular formula is C15H22N6O7. The zero-order valence-electron chi connectivity index (χ0n) is 14.8. The number of nitrogens with zero attached hydrogens (tertiary/aromatic N) is 1. The van der Waals surface area contributed by atoms with Gasteiger partial charge in [0.15, 0.2) is 0 Å². The van der Waals surface area contributed by atoms with Gasteiger partial charge in [0, 0.05) is 24.7 Å². The number of imidazole rings is 1. The Bertz CT molecular complexity index is 720. The quantitative estimate of drug-likeness (QED) is 0.191. The second-order valence-electron chi connectivity index (χ2n) is 5.95. The Morgan fingerprint density at radius 3 is 2.25 bits per heavy atom. The fraction of sp³-hybridized carbons (Fsp3) is 0.467. The minimum Gasteiger partial charge on any atom is -0.481 e. The number of nitrogens with one attached hydrogen (secondary N) is 3. The number of hydrogen-bond donors (Lipinski definition) is 7. The lowest BCUT2D eigenvalue weighted by atomic mass is 10.1. The monoisotopic (exact) mass is 398 g/mol. The van der Waals surface area contributed by atoms with Crippen LogP contribution < -0.4 is 22.1 Å². The van der Waals surface area contributed by atoms with Crippen molar-refractivity contribution in [3.8, 4) is 0 Å². The van der Waals surface area contributed by atoms with E-state index in [2.05, 4.69) is 20.6 Å². The number of H-pyrrole nitrogens is 1. The van der Waals surface area contributed by atoms with Gasteiger partial charge in [-0.15, -0.1) is 0 Å². The highest BCUT2D eigenvalue weighted by molar-refractivity contribution is 5.93. The molecule has 1 heterocycles. The molecule has 0 aliphatic carbocycles. The van der Waals surface area contributed by atoms with E-state index in [0.717, 1.165) is 0 Å². The summed E-state index contributed by atoms with van der Waals surface area (Å²) in [5.74, 6) is -5.16. The average molecular weight is 398 g/mol. The van der Waals surface area contributed by atoms with Gasteiger partial charge in [-0.1, -0.05) is 0 Å². The van der Waals surface area contributed by atoms with Gasteiger partial charge in [0.05, 0.1) is 18.8 Å². The molecule has 0 unspecified atom stereocenters. The van der Waals surface area contributed by atoms with Crippen LogP contribution in [0.15, 0.2) is 12.5 Å². The van der Waals surface area contributed by atoms with Gasteiger partial charge >= 0.3 is 11.9 Å². The van der Waals surface area contributed by atoms with E-state index >= 15 is 0 Å². The Hall–Kier alpha value is -3.48. The van der Waals surface area contributed by atoms with Gasteiger partial charge in [0.2, 0.25) is 17.7 Å². The number of carboxylic acid groups (broad SMARTS) is 2. The molecule has 0 aliphatic rings. The molecule has 0 bridgehead atoms. The first-order valence-electron chi connectivity index (χ1n) is 8.16. The maximum absolute atomic E-state index is 12.5. The number of carbonyl (C=O) groups is 5. The Kier molecular flexibility index (Phi) is 8.55. The van der Waals surface area contributed by atoms with Crippen LogP contribution in [0.25, 0.3) is 0 Å². The molecule has 0 saturated carbocycles. The first-order valence-corrected chi connectivity index (χ1v) is 8.16. The second-order valence-corrected chi connectivity index (χ2v) is 5.95. The summed E-state index contributed by atoms with van der Waals surface area (Å²) in [6, 6.07) is -4.01. The van der Waals surface area contributed by atoms with Crippen LogP contribution in [0.4, 0.5) is 0 Å². The smallest absolute Gasteiger partial charge is 0.326 e. The maximum Gasteiger partial charge on any atom is 0.326 e. The first-order chi connectivity index (χ1) is 13.1. The number of aliphatic carboxylic acids is 2. The summed E-state index contributed by atoms with van der Waals surface area (Å²) in [5, 5.41) is 22.4. The van der Waals surface area contributed by atoms with Gasteiger partial charge in [0.25, 0.3) is 0 Å². The van der Waals surface area contributed by atoms with Crippen molar-refractivity contribution in [3.05, 3.63) is 18.2 Å². The maximum atomic E-state index is 12.5. The van der Waals surface area contributed by atoms with Crippen LogP contribution >= 0.6 is 0 Å². The normalized spacial score (nSPS) is 13.8. The minimum atomic E-state index is -1.47. The predicted octanol–water partition coefficient (Wildman–Crippen LogP) is -2.93. The van der Waals surface area contributed by atoms with Crippen LogP contribution in [-0.4, -0.2) is 68.0 Å². The molecule has 0 aliphatic heterocycles. The molecule has 0 spiro atoms. The van der Waals surface area contributed by atoms with Gasteiger partial charge in [-0.05, 0) is 6.42 Å². The van der Waals surface area contributed by atoms with E-state index in [0.29, 0.717) is 5.69 Å². The Morgan fingerprint density at radius 1 is 1.11 bits per heavy atom. The zero-order valence-corrected chi connectivity index (χ0v) is 14.8. The van der Waals surface area contributed by atoms with Crippen molar-refractivity contribution in [1.29, 1.82) is 0 Å². The molecule has 3 amide bonds. The Balaban J connectivity index is 2.88. The topological polar surface area (TPSA) is 231 Å². The number of nitrogens with two attached hydrogens (primary N) is 2. The summed E-state index contributed by atoms with van der Waals surface area (Å²) in [6.07, 6.45) is 1.40. The first kappa shape index (κ1) is 22.6. The lowest BCUT2D eigenvalue weighted by Crippen LogP contribution is -2.55. The second kappa shape index (κ2) is 10.6. The Morgan fingerprint density at radius 2 is 1.75 bits per heavy atom. The molecule has 0 aromatic carbocycles. The predicted molar refractivity (Wildman–Crippen MR) is 92.4 cm³/mol. The third-order valence-corrected chi connectivity index (χ3v) is 3.63. The van der Waals surface area contributed by atoms with Crippen molar-refractivity contribution in [1.82, 2.24) is 20.6 Å². The van der Waals surface area contributed by atoms with E-state index in [4.69, 9.17) is 21.7 Å². The van der Waals surface area contributed by atoms with Gasteiger partial charge in [-0.2, -0.15) is 0 Å². The molecule has 0 saturated heterocycles. The number of carboxylic acids is 2. The van der Waals surface area contributed by atoms with Gasteiger partial charge in [0.1, 0.15) is 12.1 Å². The van der Waals surface area contributed by atoms with E-state index in [1.807, 2.05) is 0 Å². The Labute approximate surface area is 158 Å². The average Bonchev–Trinajstić information content (AvgIpc) is 3.09. The molecular weight excluding hydrogens is 376 g/mol. The minimum absolute atomic E-state index is 0.0772. The lowest BCUT2D eigenvalue weighted by molar-refractivity contribution is -0.143. The highest BCUT2D eigenvalue weighted by Crippen LogP contribution is 2.04. The summed E-state index contributed by atoms with van der Waals surface area (Å²) < 4.78 is 0. The van der Waals surface area contributed by atoms with Crippen molar-refractivity contribution >= 4 is 29.7 Å². The summed E-state index contributed by atoms with van der Waals surface area (Å²) in [7, 11) is 0. The number of primary amides is 1. The molecule has 9 N–H and O–H groups in total. The standard InChI is InChI=1S/C15H22N6O7/c16-8(4-11(17)22)13(25)21-10(3-7-5-18-6-19-7)14(26)20-9(15(27)28)1-2-12(23)24/h5-6,8-10H,1-4,16H2,(H2,17,22)(H,18,19)(H,20,26)(H,21,25)(H,23,24)(H,27,28)/t8-,9-,10-/m0/s1. The third kappa shape index (κ3) is 7.82. The van der Waals surface area contributed by atoms with Gasteiger partial charge < -0.3 is 37.3 Å². The SMILES string of the molecule is NC(=O)C[C@H](N)C(=O)N[C@@H](Cc1cnc[nH]1)C(=O)N[C@@H](CCC(=O)O)C(=O)O. The van der Waals surface area contributed by atoms with E-state index in [9.17, 15) is 24.0 Å². The van der Waals surface area contributed by atoms with Gasteiger partial charge in [-0.3, -0.25) is 19.2 Å². The van der Waals surface area contributed by atoms with Crippen molar-refractivity contribution < 1.29 is 34.2 Å². The van der Waals surface area contributed by atoms with E-state index in [-0.39, 0.29) is 12.8 Å². The van der Waals surface area contributed by atoms with Crippen molar-refractivity contribution in [2.75, 3.05) is 0 Å². The molecule has 13 nitrogen and oxygen atoms in total. The summed E-state index contributed by atoms with van der Waals surface area (Å²) in [4.78, 5) is 63.9. The fourth-order valence-corrected chi connectivity index (χ4v) is 2.21. The van der Waals surface area contributed by atoms with Crippen molar-refractivity contribution in [3.63, 3.8) is 0 Å². The van der Waals surface area contributed by atoms with Crippen molar-refractivity contribution in [2.45, 2.75) is 43.8 Å². The molecule has 3 atom stereocenters. The van der Waals surface area contributed by atoms with Crippen LogP contribution in [0.5, 0.6) is 0 Å². The summed E-state index contributed by atoms with van der Waals surface area (Å²) in [5.41, 5.74) is 11.0. The molecule has 0 fully saturated rings. The number of aromatic nitrogens is 2. The fourth-order valence-electron chi connectivity index (χ4n) is 2.21. The van der Waals surface area contributed by atoms with Crippen LogP contribution in [0.2, 0.25) is 0 Å². The number of amides is 3. The highest BCUT2D eigenvalue weighted by Gasteiger charge is 2.29. The zero-order chi connectivity index (χ0) is 21.3. The van der Waals surface area contributed by atoms with Crippen LogP contribution in [0.3, 0.4) is 0 Å². The van der Waals surface area contributed by atoms with Gasteiger partial charge in [-0.25, -0.2) is 9.78 Å². The van der Waals surface area contributed by atoms with E-state index in [1.54, 1.807) is 0 Å².